The number of pyridine rings is 1. The van der Waals surface area contributed by atoms with Crippen molar-refractivity contribution in [2.24, 2.45) is 0 Å². The molecular formula is C23H27N5O. The van der Waals surface area contributed by atoms with Gasteiger partial charge in [0.2, 0.25) is 0 Å². The molecule has 6 heteroatoms. The van der Waals surface area contributed by atoms with Crippen LogP contribution in [-0.2, 0) is 0 Å². The van der Waals surface area contributed by atoms with E-state index in [4.69, 9.17) is 0 Å². The molecule has 0 aliphatic carbocycles. The molecule has 4 rings (SSSR count). The lowest BCUT2D eigenvalue weighted by Crippen LogP contribution is -2.34. The number of hydrogen-bond donors (Lipinski definition) is 3. The van der Waals surface area contributed by atoms with Gasteiger partial charge in [-0.2, -0.15) is 0 Å². The maximum Gasteiger partial charge on any atom is 0.321 e. The number of rotatable bonds is 6. The third kappa shape index (κ3) is 4.72. The van der Waals surface area contributed by atoms with Crippen LogP contribution in [0, 0.1) is 0 Å². The number of fused-ring (bicyclic) bond motifs is 1. The Balaban J connectivity index is 1.24. The maximum absolute atomic E-state index is 12.6. The quantitative estimate of drug-likeness (QED) is 0.594. The minimum atomic E-state index is -0.108. The molecule has 1 fully saturated rings. The molecule has 1 aliphatic rings. The topological polar surface area (TPSA) is 69.3 Å². The molecule has 3 aromatic rings. The van der Waals surface area contributed by atoms with Gasteiger partial charge in [-0.3, -0.25) is 15.8 Å². The summed E-state index contributed by atoms with van der Waals surface area (Å²) >= 11 is 0. The number of urea groups is 1. The number of amides is 2. The summed E-state index contributed by atoms with van der Waals surface area (Å²) < 4.78 is 0. The summed E-state index contributed by atoms with van der Waals surface area (Å²) in [6, 6.07) is 20.9. The Hall–Kier alpha value is -2.96. The molecule has 0 saturated carbocycles. The SMILES string of the molecule is CN(CCCC1CC(c2ccccc2)NN1)C(=O)Nc1cccc2cccnc12. The minimum absolute atomic E-state index is 0.108. The first-order valence-electron chi connectivity index (χ1n) is 10.1. The number of benzene rings is 2. The van der Waals surface area contributed by atoms with Crippen LogP contribution in [0.5, 0.6) is 0 Å². The lowest BCUT2D eigenvalue weighted by atomic mass is 10.00. The molecule has 1 saturated heterocycles. The summed E-state index contributed by atoms with van der Waals surface area (Å²) in [5, 5.41) is 4.00. The summed E-state index contributed by atoms with van der Waals surface area (Å²) in [4.78, 5) is 18.7. The highest BCUT2D eigenvalue weighted by Crippen LogP contribution is 2.24. The molecule has 2 heterocycles. The molecule has 1 aliphatic heterocycles. The molecule has 2 aromatic carbocycles. The average Bonchev–Trinajstić information content (AvgIpc) is 3.23. The highest BCUT2D eigenvalue weighted by atomic mass is 16.2. The van der Waals surface area contributed by atoms with Crippen LogP contribution < -0.4 is 16.2 Å². The van der Waals surface area contributed by atoms with Crippen molar-refractivity contribution in [2.75, 3.05) is 18.9 Å². The van der Waals surface area contributed by atoms with Gasteiger partial charge in [-0.25, -0.2) is 4.79 Å². The van der Waals surface area contributed by atoms with E-state index >= 15 is 0 Å². The number of carbonyl (C=O) groups is 1. The van der Waals surface area contributed by atoms with Gasteiger partial charge < -0.3 is 10.2 Å². The Bertz CT molecular complexity index is 956. The molecule has 29 heavy (non-hydrogen) atoms. The Morgan fingerprint density at radius 3 is 2.79 bits per heavy atom. The van der Waals surface area contributed by atoms with Crippen LogP contribution in [0.4, 0.5) is 10.5 Å². The van der Waals surface area contributed by atoms with E-state index in [9.17, 15) is 4.79 Å². The van der Waals surface area contributed by atoms with Crippen molar-refractivity contribution in [1.82, 2.24) is 20.7 Å². The largest absolute Gasteiger partial charge is 0.328 e. The third-order valence-corrected chi connectivity index (χ3v) is 5.45. The zero-order valence-corrected chi connectivity index (χ0v) is 16.6. The average molecular weight is 390 g/mol. The molecular weight excluding hydrogens is 362 g/mol. The molecule has 150 valence electrons. The summed E-state index contributed by atoms with van der Waals surface area (Å²) in [6.45, 7) is 0.707. The van der Waals surface area contributed by atoms with E-state index < -0.39 is 0 Å². The molecule has 1 aromatic heterocycles. The highest BCUT2D eigenvalue weighted by molar-refractivity contribution is 5.99. The molecule has 2 unspecified atom stereocenters. The Kier molecular flexibility index (Phi) is 6.03. The van der Waals surface area contributed by atoms with Crippen molar-refractivity contribution in [3.63, 3.8) is 0 Å². The van der Waals surface area contributed by atoms with Crippen LogP contribution >= 0.6 is 0 Å². The van der Waals surface area contributed by atoms with Gasteiger partial charge in [0.25, 0.3) is 0 Å². The molecule has 0 spiro atoms. The van der Waals surface area contributed by atoms with E-state index in [1.165, 1.54) is 5.56 Å². The smallest absolute Gasteiger partial charge is 0.321 e. The summed E-state index contributed by atoms with van der Waals surface area (Å²) in [6.07, 6.45) is 4.76. The monoisotopic (exact) mass is 389 g/mol. The van der Waals surface area contributed by atoms with E-state index in [1.54, 1.807) is 11.1 Å². The summed E-state index contributed by atoms with van der Waals surface area (Å²) in [5.41, 5.74) is 9.64. The lowest BCUT2D eigenvalue weighted by molar-refractivity contribution is 0.221. The predicted octanol–water partition coefficient (Wildman–Crippen LogP) is 4.09. The normalized spacial score (nSPS) is 18.7. The number of hydrogen-bond acceptors (Lipinski definition) is 4. The van der Waals surface area contributed by atoms with Crippen molar-refractivity contribution in [3.8, 4) is 0 Å². The van der Waals surface area contributed by atoms with Gasteiger partial charge in [0, 0.05) is 37.3 Å². The van der Waals surface area contributed by atoms with Crippen LogP contribution in [0.1, 0.15) is 30.9 Å². The Morgan fingerprint density at radius 2 is 1.93 bits per heavy atom. The van der Waals surface area contributed by atoms with Gasteiger partial charge in [-0.15, -0.1) is 0 Å². The summed E-state index contributed by atoms with van der Waals surface area (Å²) in [5.74, 6) is 0. The number of nitrogens with zero attached hydrogens (tertiary/aromatic N) is 2. The second-order valence-electron chi connectivity index (χ2n) is 7.56. The molecule has 0 radical (unpaired) electrons. The number of hydrazine groups is 1. The number of carbonyl (C=O) groups excluding carboxylic acids is 1. The second kappa shape index (κ2) is 9.03. The van der Waals surface area contributed by atoms with Crippen molar-refractivity contribution in [2.45, 2.75) is 31.3 Å². The number of anilines is 1. The van der Waals surface area contributed by atoms with E-state index in [2.05, 4.69) is 45.4 Å². The maximum atomic E-state index is 12.6. The van der Waals surface area contributed by atoms with Gasteiger partial charge in [-0.05, 0) is 37.0 Å². The first kappa shape index (κ1) is 19.4. The number of nitrogens with one attached hydrogen (secondary N) is 3. The standard InChI is InChI=1S/C23H27N5O/c1-28(23(29)25-20-13-5-10-18-11-6-14-24-22(18)20)15-7-12-19-16-21(27-26-19)17-8-3-2-4-9-17/h2-6,8-11,13-14,19,21,26-27H,7,12,15-16H2,1H3,(H,25,29). The summed E-state index contributed by atoms with van der Waals surface area (Å²) in [7, 11) is 1.83. The highest BCUT2D eigenvalue weighted by Gasteiger charge is 2.24. The first-order valence-corrected chi connectivity index (χ1v) is 10.1. The zero-order chi connectivity index (χ0) is 20.1. The van der Waals surface area contributed by atoms with Gasteiger partial charge in [0.15, 0.2) is 0 Å². The van der Waals surface area contributed by atoms with E-state index in [-0.39, 0.29) is 6.03 Å². The van der Waals surface area contributed by atoms with Gasteiger partial charge in [0.05, 0.1) is 11.2 Å². The van der Waals surface area contributed by atoms with Crippen molar-refractivity contribution in [1.29, 1.82) is 0 Å². The van der Waals surface area contributed by atoms with Gasteiger partial charge >= 0.3 is 6.03 Å². The van der Waals surface area contributed by atoms with Crippen molar-refractivity contribution in [3.05, 3.63) is 72.4 Å². The van der Waals surface area contributed by atoms with Gasteiger partial charge in [-0.1, -0.05) is 48.5 Å². The van der Waals surface area contributed by atoms with E-state index in [0.29, 0.717) is 18.6 Å². The molecule has 3 N–H and O–H groups in total. The lowest BCUT2D eigenvalue weighted by Gasteiger charge is -2.19. The Labute approximate surface area is 171 Å². The fraction of sp³-hybridized carbons (Fsp3) is 0.304. The Morgan fingerprint density at radius 1 is 1.10 bits per heavy atom. The second-order valence-corrected chi connectivity index (χ2v) is 7.56. The molecule has 0 bridgehead atoms. The molecule has 2 atom stereocenters. The van der Waals surface area contributed by atoms with Crippen LogP contribution in [0.15, 0.2) is 66.9 Å². The number of para-hydroxylation sites is 1. The van der Waals surface area contributed by atoms with E-state index in [0.717, 1.165) is 35.9 Å². The molecule has 6 nitrogen and oxygen atoms in total. The minimum Gasteiger partial charge on any atom is -0.328 e. The fourth-order valence-electron chi connectivity index (χ4n) is 3.81. The van der Waals surface area contributed by atoms with Crippen molar-refractivity contribution < 1.29 is 4.79 Å². The third-order valence-electron chi connectivity index (χ3n) is 5.45. The fourth-order valence-corrected chi connectivity index (χ4v) is 3.81. The van der Waals surface area contributed by atoms with Gasteiger partial charge in [0.1, 0.15) is 0 Å². The molecule has 2 amide bonds. The van der Waals surface area contributed by atoms with Crippen molar-refractivity contribution >= 4 is 22.6 Å². The van der Waals surface area contributed by atoms with Crippen LogP contribution in [0.25, 0.3) is 10.9 Å². The van der Waals surface area contributed by atoms with Crippen LogP contribution in [0.3, 0.4) is 0 Å². The number of aromatic nitrogens is 1. The van der Waals surface area contributed by atoms with Crippen LogP contribution in [-0.4, -0.2) is 35.5 Å². The van der Waals surface area contributed by atoms with Crippen LogP contribution in [0.2, 0.25) is 0 Å². The van der Waals surface area contributed by atoms with E-state index in [1.807, 2.05) is 43.4 Å². The first-order chi connectivity index (χ1) is 14.2. The predicted molar refractivity (Wildman–Crippen MR) is 116 cm³/mol. The zero-order valence-electron chi connectivity index (χ0n) is 16.6.